The van der Waals surface area contributed by atoms with Crippen LogP contribution in [0.1, 0.15) is 23.0 Å². The van der Waals surface area contributed by atoms with Gasteiger partial charge in [-0.15, -0.1) is 6.58 Å². The summed E-state index contributed by atoms with van der Waals surface area (Å²) >= 11 is 0. The van der Waals surface area contributed by atoms with Gasteiger partial charge >= 0.3 is 12.1 Å². The highest BCUT2D eigenvalue weighted by atomic mass is 16.8. The van der Waals surface area contributed by atoms with Gasteiger partial charge in [0.2, 0.25) is 0 Å². The van der Waals surface area contributed by atoms with Gasteiger partial charge < -0.3 is 43.2 Å². The fourth-order valence-corrected chi connectivity index (χ4v) is 5.18. The van der Waals surface area contributed by atoms with Gasteiger partial charge in [-0.2, -0.15) is 0 Å². The molecule has 5 rings (SSSR count). The van der Waals surface area contributed by atoms with E-state index in [0.29, 0.717) is 0 Å². The quantitative estimate of drug-likeness (QED) is 0.201. The molecule has 1 N–H and O–H groups in total. The molecule has 244 valence electrons. The molecular formula is C35H39NO10. The van der Waals surface area contributed by atoms with Gasteiger partial charge in [-0.3, -0.25) is 0 Å². The monoisotopic (exact) mass is 633 g/mol. The maximum absolute atomic E-state index is 12.7. The number of fused-ring (bicyclic) bond motifs is 1. The van der Waals surface area contributed by atoms with Crippen molar-refractivity contribution < 1.29 is 47.5 Å². The van der Waals surface area contributed by atoms with Crippen molar-refractivity contribution >= 4 is 12.1 Å². The lowest BCUT2D eigenvalue weighted by Gasteiger charge is -2.49. The summed E-state index contributed by atoms with van der Waals surface area (Å²) in [5, 5.41) is 2.53. The molecule has 3 aromatic carbocycles. The van der Waals surface area contributed by atoms with Crippen molar-refractivity contribution in [1.29, 1.82) is 0 Å². The molecule has 1 unspecified atom stereocenters. The van der Waals surface area contributed by atoms with Gasteiger partial charge in [-0.1, -0.05) is 97.1 Å². The molecule has 46 heavy (non-hydrogen) atoms. The highest BCUT2D eigenvalue weighted by Gasteiger charge is 2.52. The SMILES string of the molecule is C=CCO[C@@H]1[C@H](OCc2ccccc2)[C@H](OC[C@H](NC(=O)OCc2ccccc2)C(=O)OC)O[C@@H]2COC(c3ccccc3)O[C@@H]12. The maximum Gasteiger partial charge on any atom is 0.408 e. The van der Waals surface area contributed by atoms with Gasteiger partial charge in [0.15, 0.2) is 18.6 Å². The van der Waals surface area contributed by atoms with Gasteiger partial charge in [0.05, 0.1) is 33.5 Å². The maximum atomic E-state index is 12.7. The first-order valence-corrected chi connectivity index (χ1v) is 15.1. The molecule has 11 nitrogen and oxygen atoms in total. The minimum Gasteiger partial charge on any atom is -0.467 e. The fourth-order valence-electron chi connectivity index (χ4n) is 5.18. The highest BCUT2D eigenvalue weighted by molar-refractivity contribution is 5.81. The van der Waals surface area contributed by atoms with E-state index < -0.39 is 55.1 Å². The number of benzene rings is 3. The van der Waals surface area contributed by atoms with Crippen molar-refractivity contribution in [2.24, 2.45) is 0 Å². The summed E-state index contributed by atoms with van der Waals surface area (Å²) in [6, 6.07) is 27.2. The van der Waals surface area contributed by atoms with Crippen LogP contribution < -0.4 is 5.32 Å². The molecule has 0 aromatic heterocycles. The second kappa shape index (κ2) is 17.0. The Bertz CT molecular complexity index is 1380. The molecule has 3 aromatic rings. The lowest BCUT2D eigenvalue weighted by atomic mass is 9.97. The third-order valence-corrected chi connectivity index (χ3v) is 7.47. The lowest BCUT2D eigenvalue weighted by molar-refractivity contribution is -0.370. The van der Waals surface area contributed by atoms with Gasteiger partial charge in [-0.25, -0.2) is 9.59 Å². The fraction of sp³-hybridized carbons (Fsp3) is 0.371. The number of alkyl carbamates (subject to hydrolysis) is 1. The van der Waals surface area contributed by atoms with Crippen molar-refractivity contribution in [3.63, 3.8) is 0 Å². The number of methoxy groups -OCH3 is 1. The summed E-state index contributed by atoms with van der Waals surface area (Å²) in [4.78, 5) is 25.3. The number of hydrogen-bond donors (Lipinski definition) is 1. The predicted molar refractivity (Wildman–Crippen MR) is 165 cm³/mol. The predicted octanol–water partition coefficient (Wildman–Crippen LogP) is 4.47. The number of nitrogens with one attached hydrogen (secondary N) is 1. The Morgan fingerprint density at radius 3 is 2.17 bits per heavy atom. The molecule has 0 bridgehead atoms. The van der Waals surface area contributed by atoms with E-state index in [1.54, 1.807) is 6.08 Å². The van der Waals surface area contributed by atoms with Crippen LogP contribution in [0.15, 0.2) is 104 Å². The Kier molecular flexibility index (Phi) is 12.3. The molecule has 2 fully saturated rings. The van der Waals surface area contributed by atoms with E-state index in [9.17, 15) is 9.59 Å². The number of rotatable bonds is 14. The zero-order valence-corrected chi connectivity index (χ0v) is 25.6. The van der Waals surface area contributed by atoms with E-state index in [0.717, 1.165) is 16.7 Å². The molecule has 2 aliphatic heterocycles. The summed E-state index contributed by atoms with van der Waals surface area (Å²) in [6.07, 6.45) is -3.48. The number of ether oxygens (including phenoxy) is 8. The standard InChI is InChI=1S/C35H39NO10/c1-3-19-40-30-29-28(23-43-33(46-29)26-17-11-6-12-18-26)45-34(31(30)41-20-24-13-7-4-8-14-24)42-22-27(32(37)39-2)36-35(38)44-21-25-15-9-5-10-16-25/h3-18,27-31,33-34H,1,19-23H2,2H3,(H,36,38)/t27-,28+,29+,30-,31-,33?,34+/m0/s1. The minimum atomic E-state index is -1.20. The Morgan fingerprint density at radius 2 is 1.52 bits per heavy atom. The van der Waals surface area contributed by atoms with Gasteiger partial charge in [0.1, 0.15) is 31.0 Å². The topological polar surface area (TPSA) is 120 Å². The van der Waals surface area contributed by atoms with E-state index >= 15 is 0 Å². The average molecular weight is 634 g/mol. The van der Waals surface area contributed by atoms with E-state index in [1.165, 1.54) is 7.11 Å². The van der Waals surface area contributed by atoms with Crippen molar-refractivity contribution in [2.75, 3.05) is 26.9 Å². The van der Waals surface area contributed by atoms with Crippen molar-refractivity contribution in [3.05, 3.63) is 120 Å². The van der Waals surface area contributed by atoms with E-state index in [1.807, 2.05) is 91.0 Å². The Morgan fingerprint density at radius 1 is 0.870 bits per heavy atom. The van der Waals surface area contributed by atoms with Crippen LogP contribution in [0.3, 0.4) is 0 Å². The summed E-state index contributed by atoms with van der Waals surface area (Å²) in [5.74, 6) is -0.721. The third kappa shape index (κ3) is 9.00. The summed E-state index contributed by atoms with van der Waals surface area (Å²) in [5.41, 5.74) is 2.58. The normalized spacial score (nSPS) is 24.6. The van der Waals surface area contributed by atoms with Crippen LogP contribution in [-0.2, 0) is 55.9 Å². The van der Waals surface area contributed by atoms with Crippen LogP contribution in [0.25, 0.3) is 0 Å². The molecule has 1 amide bonds. The number of carbonyl (C=O) groups is 2. The van der Waals surface area contributed by atoms with Gasteiger partial charge in [-0.05, 0) is 11.1 Å². The Balaban J connectivity index is 1.32. The smallest absolute Gasteiger partial charge is 0.408 e. The molecular weight excluding hydrogens is 594 g/mol. The first kappa shape index (κ1) is 33.3. The lowest BCUT2D eigenvalue weighted by Crippen LogP contribution is -2.64. The van der Waals surface area contributed by atoms with E-state index in [2.05, 4.69) is 11.9 Å². The first-order valence-electron chi connectivity index (χ1n) is 15.1. The number of carbonyl (C=O) groups excluding carboxylic acids is 2. The second-order valence-electron chi connectivity index (χ2n) is 10.7. The van der Waals surface area contributed by atoms with Gasteiger partial charge in [0, 0.05) is 5.56 Å². The van der Waals surface area contributed by atoms with Crippen LogP contribution >= 0.6 is 0 Å². The van der Waals surface area contributed by atoms with Crippen LogP contribution in [0.5, 0.6) is 0 Å². The number of hydrogen-bond acceptors (Lipinski definition) is 10. The van der Waals surface area contributed by atoms with Crippen LogP contribution in [0.4, 0.5) is 4.79 Å². The first-order chi connectivity index (χ1) is 22.6. The molecule has 11 heteroatoms. The summed E-state index contributed by atoms with van der Waals surface area (Å²) in [6.45, 7) is 4.15. The van der Waals surface area contributed by atoms with E-state index in [4.69, 9.17) is 37.9 Å². The van der Waals surface area contributed by atoms with Crippen LogP contribution in [-0.4, -0.2) is 75.7 Å². The second-order valence-corrected chi connectivity index (χ2v) is 10.7. The largest absolute Gasteiger partial charge is 0.467 e. The van der Waals surface area contributed by atoms with Gasteiger partial charge in [0.25, 0.3) is 0 Å². The zero-order chi connectivity index (χ0) is 32.1. The van der Waals surface area contributed by atoms with Crippen LogP contribution in [0, 0.1) is 0 Å². The Hall–Kier alpha value is -4.10. The zero-order valence-electron chi connectivity index (χ0n) is 25.6. The van der Waals surface area contributed by atoms with Crippen molar-refractivity contribution in [3.8, 4) is 0 Å². The molecule has 0 radical (unpaired) electrons. The van der Waals surface area contributed by atoms with Crippen molar-refractivity contribution in [2.45, 2.75) is 56.3 Å². The summed E-state index contributed by atoms with van der Waals surface area (Å²) < 4.78 is 47.9. The molecule has 0 aliphatic carbocycles. The number of esters is 1. The molecule has 2 heterocycles. The number of amides is 1. The minimum absolute atomic E-state index is 0.0257. The molecule has 7 atom stereocenters. The van der Waals surface area contributed by atoms with E-state index in [-0.39, 0.29) is 33.0 Å². The summed E-state index contributed by atoms with van der Waals surface area (Å²) in [7, 11) is 1.22. The average Bonchev–Trinajstić information content (AvgIpc) is 3.11. The highest BCUT2D eigenvalue weighted by Crippen LogP contribution is 2.37. The molecule has 2 saturated heterocycles. The molecule has 0 spiro atoms. The Labute approximate surface area is 268 Å². The van der Waals surface area contributed by atoms with Crippen LogP contribution in [0.2, 0.25) is 0 Å². The molecule has 2 aliphatic rings. The van der Waals surface area contributed by atoms with Crippen molar-refractivity contribution in [1.82, 2.24) is 5.32 Å². The molecule has 0 saturated carbocycles. The third-order valence-electron chi connectivity index (χ3n) is 7.47.